The first-order chi connectivity index (χ1) is 9.02. The van der Waals surface area contributed by atoms with Crippen molar-refractivity contribution in [2.45, 2.75) is 19.9 Å². The molecule has 0 aliphatic carbocycles. The van der Waals surface area contributed by atoms with Crippen molar-refractivity contribution in [3.8, 4) is 10.4 Å². The Labute approximate surface area is 128 Å². The SMILES string of the molecule is CNC(c1ccc(-c2ccc(Cl)c(Cl)c2)s1)C(C)C. The highest BCUT2D eigenvalue weighted by atomic mass is 35.5. The Kier molecular flexibility index (Phi) is 4.91. The minimum Gasteiger partial charge on any atom is -0.312 e. The van der Waals surface area contributed by atoms with Crippen LogP contribution in [0.15, 0.2) is 30.3 Å². The molecule has 4 heteroatoms. The molecule has 0 spiro atoms. The van der Waals surface area contributed by atoms with E-state index in [0.717, 1.165) is 5.56 Å². The molecule has 0 aliphatic rings. The van der Waals surface area contributed by atoms with Gasteiger partial charge in [-0.25, -0.2) is 0 Å². The second kappa shape index (κ2) is 6.27. The van der Waals surface area contributed by atoms with Crippen molar-refractivity contribution < 1.29 is 0 Å². The van der Waals surface area contributed by atoms with Gasteiger partial charge in [0.15, 0.2) is 0 Å². The minimum absolute atomic E-state index is 0.390. The number of rotatable bonds is 4. The summed E-state index contributed by atoms with van der Waals surface area (Å²) in [6.07, 6.45) is 0. The smallest absolute Gasteiger partial charge is 0.0598 e. The Morgan fingerprint density at radius 3 is 2.37 bits per heavy atom. The predicted molar refractivity (Wildman–Crippen MR) is 86.4 cm³/mol. The molecule has 1 aromatic carbocycles. The van der Waals surface area contributed by atoms with Gasteiger partial charge in [-0.05, 0) is 42.8 Å². The van der Waals surface area contributed by atoms with Crippen LogP contribution in [0.1, 0.15) is 24.8 Å². The molecule has 1 unspecified atom stereocenters. The van der Waals surface area contributed by atoms with Crippen LogP contribution in [-0.4, -0.2) is 7.05 Å². The van der Waals surface area contributed by atoms with Crippen molar-refractivity contribution in [3.05, 3.63) is 45.3 Å². The molecule has 0 saturated carbocycles. The zero-order valence-corrected chi connectivity index (χ0v) is 13.5. The van der Waals surface area contributed by atoms with E-state index in [1.54, 1.807) is 11.3 Å². The summed E-state index contributed by atoms with van der Waals surface area (Å²) in [4.78, 5) is 2.56. The van der Waals surface area contributed by atoms with E-state index in [1.807, 2.05) is 25.2 Å². The van der Waals surface area contributed by atoms with Gasteiger partial charge >= 0.3 is 0 Å². The number of hydrogen-bond donors (Lipinski definition) is 1. The summed E-state index contributed by atoms with van der Waals surface area (Å²) in [5.41, 5.74) is 1.12. The predicted octanol–water partition coefficient (Wildman–Crippen LogP) is 5.64. The molecule has 0 amide bonds. The highest BCUT2D eigenvalue weighted by molar-refractivity contribution is 7.15. The second-order valence-corrected chi connectivity index (χ2v) is 6.77. The van der Waals surface area contributed by atoms with Gasteiger partial charge in [-0.1, -0.05) is 43.1 Å². The van der Waals surface area contributed by atoms with Gasteiger partial charge in [-0.3, -0.25) is 0 Å². The zero-order chi connectivity index (χ0) is 14.0. The minimum atomic E-state index is 0.390. The Morgan fingerprint density at radius 2 is 1.79 bits per heavy atom. The molecular formula is C15H17Cl2NS. The van der Waals surface area contributed by atoms with Crippen molar-refractivity contribution in [2.75, 3.05) is 7.05 Å². The lowest BCUT2D eigenvalue weighted by Crippen LogP contribution is -2.20. The van der Waals surface area contributed by atoms with Crippen molar-refractivity contribution in [1.82, 2.24) is 5.32 Å². The van der Waals surface area contributed by atoms with E-state index in [4.69, 9.17) is 23.2 Å². The van der Waals surface area contributed by atoms with Crippen LogP contribution in [0.25, 0.3) is 10.4 Å². The van der Waals surface area contributed by atoms with Crippen LogP contribution in [0.4, 0.5) is 0 Å². The van der Waals surface area contributed by atoms with Gasteiger partial charge in [-0.15, -0.1) is 11.3 Å². The molecular weight excluding hydrogens is 297 g/mol. The van der Waals surface area contributed by atoms with Crippen molar-refractivity contribution >= 4 is 34.5 Å². The van der Waals surface area contributed by atoms with Gasteiger partial charge in [0, 0.05) is 15.8 Å². The number of thiophene rings is 1. The van der Waals surface area contributed by atoms with Crippen molar-refractivity contribution in [2.24, 2.45) is 5.92 Å². The summed E-state index contributed by atoms with van der Waals surface area (Å²) < 4.78 is 0. The maximum Gasteiger partial charge on any atom is 0.0598 e. The Morgan fingerprint density at radius 1 is 1.05 bits per heavy atom. The molecule has 0 saturated heterocycles. The fourth-order valence-electron chi connectivity index (χ4n) is 2.13. The van der Waals surface area contributed by atoms with Crippen LogP contribution < -0.4 is 5.32 Å². The van der Waals surface area contributed by atoms with E-state index in [9.17, 15) is 0 Å². The van der Waals surface area contributed by atoms with Gasteiger partial charge in [0.2, 0.25) is 0 Å². The summed E-state index contributed by atoms with van der Waals surface area (Å²) in [5.74, 6) is 0.560. The lowest BCUT2D eigenvalue weighted by Gasteiger charge is -2.18. The molecule has 0 fully saturated rings. The molecule has 0 bridgehead atoms. The van der Waals surface area contributed by atoms with Crippen molar-refractivity contribution in [1.29, 1.82) is 0 Å². The third kappa shape index (κ3) is 3.32. The van der Waals surface area contributed by atoms with Gasteiger partial charge in [0.05, 0.1) is 10.0 Å². The molecule has 0 radical (unpaired) electrons. The van der Waals surface area contributed by atoms with Crippen LogP contribution in [0, 0.1) is 5.92 Å². The zero-order valence-electron chi connectivity index (χ0n) is 11.2. The van der Waals surface area contributed by atoms with E-state index >= 15 is 0 Å². The van der Waals surface area contributed by atoms with Crippen LogP contribution in [-0.2, 0) is 0 Å². The fourth-order valence-corrected chi connectivity index (χ4v) is 3.71. The summed E-state index contributed by atoms with van der Waals surface area (Å²) in [6.45, 7) is 4.44. The van der Waals surface area contributed by atoms with Gasteiger partial charge in [-0.2, -0.15) is 0 Å². The number of halogens is 2. The first-order valence-electron chi connectivity index (χ1n) is 6.25. The lowest BCUT2D eigenvalue weighted by molar-refractivity contribution is 0.449. The van der Waals surface area contributed by atoms with E-state index in [2.05, 4.69) is 31.3 Å². The quantitative estimate of drug-likeness (QED) is 0.770. The van der Waals surface area contributed by atoms with Crippen LogP contribution in [0.2, 0.25) is 10.0 Å². The molecule has 1 heterocycles. The summed E-state index contributed by atoms with van der Waals surface area (Å²) in [5, 5.41) is 4.56. The molecule has 1 atom stereocenters. The third-order valence-corrected chi connectivity index (χ3v) is 5.07. The number of nitrogens with one attached hydrogen (secondary N) is 1. The summed E-state index contributed by atoms with van der Waals surface area (Å²) >= 11 is 13.8. The van der Waals surface area contributed by atoms with E-state index in [1.165, 1.54) is 9.75 Å². The van der Waals surface area contributed by atoms with Crippen molar-refractivity contribution in [3.63, 3.8) is 0 Å². The van der Waals surface area contributed by atoms with Gasteiger partial charge in [0.25, 0.3) is 0 Å². The molecule has 1 nitrogen and oxygen atoms in total. The fraction of sp³-hybridized carbons (Fsp3) is 0.333. The lowest BCUT2D eigenvalue weighted by atomic mass is 10.0. The van der Waals surface area contributed by atoms with E-state index in [-0.39, 0.29) is 0 Å². The third-order valence-electron chi connectivity index (χ3n) is 3.12. The topological polar surface area (TPSA) is 12.0 Å². The molecule has 0 aliphatic heterocycles. The normalized spacial score (nSPS) is 12.9. The number of benzene rings is 1. The molecule has 102 valence electrons. The van der Waals surface area contributed by atoms with Gasteiger partial charge in [0.1, 0.15) is 0 Å². The monoisotopic (exact) mass is 313 g/mol. The highest BCUT2D eigenvalue weighted by Crippen LogP contribution is 2.36. The van der Waals surface area contributed by atoms with Crippen LogP contribution >= 0.6 is 34.5 Å². The van der Waals surface area contributed by atoms with Gasteiger partial charge < -0.3 is 5.32 Å². The summed E-state index contributed by atoms with van der Waals surface area (Å²) in [7, 11) is 2.00. The molecule has 2 aromatic rings. The summed E-state index contributed by atoms with van der Waals surface area (Å²) in [6, 6.07) is 10.5. The highest BCUT2D eigenvalue weighted by Gasteiger charge is 2.16. The van der Waals surface area contributed by atoms with Crippen LogP contribution in [0.5, 0.6) is 0 Å². The first kappa shape index (κ1) is 14.9. The molecule has 2 rings (SSSR count). The average Bonchev–Trinajstić information content (AvgIpc) is 2.82. The molecule has 1 aromatic heterocycles. The average molecular weight is 314 g/mol. The standard InChI is InChI=1S/C15H17Cl2NS/c1-9(2)15(18-3)14-7-6-13(19-14)10-4-5-11(16)12(17)8-10/h4-9,15,18H,1-3H3. The van der Waals surface area contributed by atoms with Crippen LogP contribution in [0.3, 0.4) is 0 Å². The number of hydrogen-bond acceptors (Lipinski definition) is 2. The van der Waals surface area contributed by atoms with E-state index in [0.29, 0.717) is 22.0 Å². The Hall–Kier alpha value is -0.540. The van der Waals surface area contributed by atoms with E-state index < -0.39 is 0 Å². The first-order valence-corrected chi connectivity index (χ1v) is 7.82. The molecule has 1 N–H and O–H groups in total. The maximum absolute atomic E-state index is 6.07. The Bertz CT molecular complexity index is 563. The maximum atomic E-state index is 6.07. The largest absolute Gasteiger partial charge is 0.312 e. The second-order valence-electron chi connectivity index (χ2n) is 4.84. The Balaban J connectivity index is 2.32. The molecule has 19 heavy (non-hydrogen) atoms.